The van der Waals surface area contributed by atoms with E-state index in [0.29, 0.717) is 12.8 Å². The number of carboxylic acid groups (broad SMARTS) is 1. The molecule has 0 bridgehead atoms. The van der Waals surface area contributed by atoms with Gasteiger partial charge in [0.25, 0.3) is 0 Å². The first-order valence-electron chi connectivity index (χ1n) is 7.11. The lowest BCUT2D eigenvalue weighted by Crippen LogP contribution is -2.12. The molecule has 0 heterocycles. The largest absolute Gasteiger partial charge is 0.481 e. The fourth-order valence-corrected chi connectivity index (χ4v) is 2.19. The zero-order chi connectivity index (χ0) is 14.1. The molecule has 0 saturated carbocycles. The molecule has 19 heavy (non-hydrogen) atoms. The predicted molar refractivity (Wildman–Crippen MR) is 76.4 cm³/mol. The van der Waals surface area contributed by atoms with Gasteiger partial charge in [0.15, 0.2) is 0 Å². The van der Waals surface area contributed by atoms with Crippen LogP contribution in [0.3, 0.4) is 0 Å². The Balaban J connectivity index is 2.65. The molecule has 0 spiro atoms. The second kappa shape index (κ2) is 8.70. The number of carbonyl (C=O) groups is 1. The second-order valence-electron chi connectivity index (χ2n) is 4.96. The van der Waals surface area contributed by atoms with Crippen LogP contribution in [-0.2, 0) is 11.2 Å². The van der Waals surface area contributed by atoms with Crippen molar-refractivity contribution < 1.29 is 15.0 Å². The number of hydrogen-bond acceptors (Lipinski definition) is 2. The van der Waals surface area contributed by atoms with Crippen LogP contribution in [0.4, 0.5) is 0 Å². The summed E-state index contributed by atoms with van der Waals surface area (Å²) in [5, 5.41) is 18.0. The van der Waals surface area contributed by atoms with Gasteiger partial charge in [-0.3, -0.25) is 4.79 Å². The molecule has 0 amide bonds. The lowest BCUT2D eigenvalue weighted by Gasteiger charge is -2.13. The quantitative estimate of drug-likeness (QED) is 0.672. The van der Waals surface area contributed by atoms with Gasteiger partial charge in [-0.2, -0.15) is 0 Å². The summed E-state index contributed by atoms with van der Waals surface area (Å²) in [5.41, 5.74) is 2.13. The minimum atomic E-state index is -0.778. The van der Waals surface area contributed by atoms with Crippen LogP contribution >= 0.6 is 0 Å². The number of carboxylic acids is 1. The predicted octanol–water partition coefficient (Wildman–Crippen LogP) is 3.36. The van der Waals surface area contributed by atoms with Crippen molar-refractivity contribution in [2.75, 3.05) is 6.61 Å². The van der Waals surface area contributed by atoms with Gasteiger partial charge in [-0.1, -0.05) is 37.6 Å². The molecule has 1 aromatic carbocycles. The number of aliphatic hydroxyl groups excluding tert-OH is 1. The molecule has 0 aliphatic rings. The van der Waals surface area contributed by atoms with E-state index < -0.39 is 11.9 Å². The van der Waals surface area contributed by atoms with Crippen LogP contribution in [0.1, 0.15) is 56.1 Å². The average molecular weight is 264 g/mol. The maximum absolute atomic E-state index is 11.3. The summed E-state index contributed by atoms with van der Waals surface area (Å²) in [6, 6.07) is 7.94. The van der Waals surface area contributed by atoms with Gasteiger partial charge in [0.2, 0.25) is 0 Å². The third-order valence-electron chi connectivity index (χ3n) is 3.40. The van der Waals surface area contributed by atoms with E-state index in [4.69, 9.17) is 5.11 Å². The molecule has 0 radical (unpaired) electrons. The van der Waals surface area contributed by atoms with Gasteiger partial charge in [-0.05, 0) is 43.2 Å². The number of unbranched alkanes of at least 4 members (excludes halogenated alkanes) is 2. The number of rotatable bonds is 9. The van der Waals surface area contributed by atoms with Gasteiger partial charge in [-0.15, -0.1) is 0 Å². The van der Waals surface area contributed by atoms with Crippen molar-refractivity contribution in [1.29, 1.82) is 0 Å². The smallest absolute Gasteiger partial charge is 0.310 e. The van der Waals surface area contributed by atoms with Crippen LogP contribution in [0.5, 0.6) is 0 Å². The van der Waals surface area contributed by atoms with Crippen molar-refractivity contribution >= 4 is 5.97 Å². The van der Waals surface area contributed by atoms with E-state index in [0.717, 1.165) is 24.8 Å². The van der Waals surface area contributed by atoms with E-state index in [1.165, 1.54) is 12.0 Å². The summed E-state index contributed by atoms with van der Waals surface area (Å²) in [7, 11) is 0. The summed E-state index contributed by atoms with van der Waals surface area (Å²) in [4.78, 5) is 11.3. The first kappa shape index (κ1) is 15.7. The lowest BCUT2D eigenvalue weighted by atomic mass is 9.92. The van der Waals surface area contributed by atoms with Gasteiger partial charge >= 0.3 is 5.97 Å². The topological polar surface area (TPSA) is 57.5 Å². The van der Waals surface area contributed by atoms with Gasteiger partial charge < -0.3 is 10.2 Å². The molecule has 1 rings (SSSR count). The molecule has 0 saturated heterocycles. The number of aliphatic hydroxyl groups is 1. The van der Waals surface area contributed by atoms with Crippen molar-refractivity contribution in [3.63, 3.8) is 0 Å². The Morgan fingerprint density at radius 2 is 1.84 bits per heavy atom. The van der Waals surface area contributed by atoms with Crippen LogP contribution in [0.2, 0.25) is 0 Å². The number of benzene rings is 1. The fourth-order valence-electron chi connectivity index (χ4n) is 2.19. The minimum Gasteiger partial charge on any atom is -0.481 e. The number of aryl methyl sites for hydroxylation is 1. The van der Waals surface area contributed by atoms with E-state index in [-0.39, 0.29) is 6.61 Å². The molecule has 2 N–H and O–H groups in total. The Kier molecular flexibility index (Phi) is 7.19. The molecule has 1 aromatic rings. The highest BCUT2D eigenvalue weighted by atomic mass is 16.4. The fraction of sp³-hybridized carbons (Fsp3) is 0.562. The van der Waals surface area contributed by atoms with Crippen molar-refractivity contribution in [1.82, 2.24) is 0 Å². The molecule has 0 aliphatic carbocycles. The van der Waals surface area contributed by atoms with Crippen molar-refractivity contribution in [2.45, 2.75) is 51.4 Å². The Morgan fingerprint density at radius 3 is 2.37 bits per heavy atom. The summed E-state index contributed by atoms with van der Waals surface area (Å²) in [6.45, 7) is 2.29. The molecule has 0 aliphatic heterocycles. The van der Waals surface area contributed by atoms with E-state index in [1.807, 2.05) is 24.3 Å². The summed E-state index contributed by atoms with van der Waals surface area (Å²) in [5.74, 6) is -1.23. The molecular formula is C16H24O3. The van der Waals surface area contributed by atoms with Crippen LogP contribution < -0.4 is 0 Å². The van der Waals surface area contributed by atoms with Gasteiger partial charge in [0, 0.05) is 6.61 Å². The zero-order valence-electron chi connectivity index (χ0n) is 11.6. The minimum absolute atomic E-state index is 0.127. The third kappa shape index (κ3) is 5.43. The lowest BCUT2D eigenvalue weighted by molar-refractivity contribution is -0.139. The average Bonchev–Trinajstić information content (AvgIpc) is 2.42. The second-order valence-corrected chi connectivity index (χ2v) is 4.96. The Bertz CT molecular complexity index is 370. The normalized spacial score (nSPS) is 12.3. The van der Waals surface area contributed by atoms with Crippen LogP contribution in [0, 0.1) is 0 Å². The SMILES string of the molecule is CCCCc1ccc(C(CCCCO)C(=O)O)cc1. The third-order valence-corrected chi connectivity index (χ3v) is 3.40. The molecule has 3 heteroatoms. The highest BCUT2D eigenvalue weighted by molar-refractivity contribution is 5.76. The van der Waals surface area contributed by atoms with Crippen LogP contribution in [0.25, 0.3) is 0 Å². The van der Waals surface area contributed by atoms with Crippen molar-refractivity contribution in [2.24, 2.45) is 0 Å². The highest BCUT2D eigenvalue weighted by Gasteiger charge is 2.18. The Labute approximate surface area is 115 Å². The van der Waals surface area contributed by atoms with Crippen molar-refractivity contribution in [3.05, 3.63) is 35.4 Å². The molecule has 0 fully saturated rings. The van der Waals surface area contributed by atoms with Gasteiger partial charge in [-0.25, -0.2) is 0 Å². The molecular weight excluding hydrogens is 240 g/mol. The first-order chi connectivity index (χ1) is 9.19. The number of hydrogen-bond donors (Lipinski definition) is 2. The first-order valence-corrected chi connectivity index (χ1v) is 7.11. The number of aliphatic carboxylic acids is 1. The van der Waals surface area contributed by atoms with Crippen LogP contribution in [0.15, 0.2) is 24.3 Å². The summed E-state index contributed by atoms with van der Waals surface area (Å²) >= 11 is 0. The molecule has 1 atom stereocenters. The van der Waals surface area contributed by atoms with Crippen molar-refractivity contribution in [3.8, 4) is 0 Å². The van der Waals surface area contributed by atoms with Gasteiger partial charge in [0.1, 0.15) is 0 Å². The van der Waals surface area contributed by atoms with Gasteiger partial charge in [0.05, 0.1) is 5.92 Å². The zero-order valence-corrected chi connectivity index (χ0v) is 11.6. The Morgan fingerprint density at radius 1 is 1.16 bits per heavy atom. The molecule has 0 aromatic heterocycles. The molecule has 1 unspecified atom stereocenters. The Hall–Kier alpha value is -1.35. The van der Waals surface area contributed by atoms with E-state index in [1.54, 1.807) is 0 Å². The summed E-state index contributed by atoms with van der Waals surface area (Å²) in [6.07, 6.45) is 5.38. The molecule has 3 nitrogen and oxygen atoms in total. The van der Waals surface area contributed by atoms with E-state index >= 15 is 0 Å². The molecule has 106 valence electrons. The van der Waals surface area contributed by atoms with Crippen LogP contribution in [-0.4, -0.2) is 22.8 Å². The maximum Gasteiger partial charge on any atom is 0.310 e. The standard InChI is InChI=1S/C16H24O3/c1-2-3-6-13-8-10-14(11-9-13)15(16(18)19)7-4-5-12-17/h8-11,15,17H,2-7,12H2,1H3,(H,18,19). The monoisotopic (exact) mass is 264 g/mol. The highest BCUT2D eigenvalue weighted by Crippen LogP contribution is 2.23. The van der Waals surface area contributed by atoms with E-state index in [9.17, 15) is 9.90 Å². The summed E-state index contributed by atoms with van der Waals surface area (Å²) < 4.78 is 0. The van der Waals surface area contributed by atoms with E-state index in [2.05, 4.69) is 6.92 Å². The maximum atomic E-state index is 11.3.